The molecule has 3 aromatic rings. The van der Waals surface area contributed by atoms with Crippen molar-refractivity contribution in [3.8, 4) is 0 Å². The van der Waals surface area contributed by atoms with E-state index in [2.05, 4.69) is 98.8 Å². The average molecular weight is 474 g/mol. The molecule has 0 aliphatic carbocycles. The third-order valence-corrected chi connectivity index (χ3v) is 8.84. The molecule has 34 heavy (non-hydrogen) atoms. The Balaban J connectivity index is 1.60. The van der Waals surface area contributed by atoms with Crippen molar-refractivity contribution in [3.05, 3.63) is 90.5 Å². The Morgan fingerprint density at radius 3 is 1.94 bits per heavy atom. The summed E-state index contributed by atoms with van der Waals surface area (Å²) in [6.07, 6.45) is -0.670. The van der Waals surface area contributed by atoms with Crippen molar-refractivity contribution in [1.29, 1.82) is 0 Å². The highest BCUT2D eigenvalue weighted by atomic mass is 31.1. The van der Waals surface area contributed by atoms with Crippen LogP contribution >= 0.6 is 7.92 Å². The largest absolute Gasteiger partial charge is 0.477 e. The van der Waals surface area contributed by atoms with Crippen LogP contribution in [0.1, 0.15) is 39.4 Å². The fraction of sp³-hybridized carbons (Fsp3) is 0.345. The average Bonchev–Trinajstić information content (AvgIpc) is 3.46. The summed E-state index contributed by atoms with van der Waals surface area (Å²) in [5.74, 6) is 0.349. The first-order valence-electron chi connectivity index (χ1n) is 12.0. The second-order valence-electron chi connectivity index (χ2n) is 9.63. The lowest BCUT2D eigenvalue weighted by molar-refractivity contribution is -0.143. The van der Waals surface area contributed by atoms with Crippen LogP contribution in [0.15, 0.2) is 89.9 Å². The maximum atomic E-state index is 6.55. The Labute approximate surface area is 203 Å². The molecule has 1 fully saturated rings. The number of hydrogen-bond donors (Lipinski definition) is 0. The van der Waals surface area contributed by atoms with Crippen molar-refractivity contribution in [2.45, 2.75) is 51.7 Å². The monoisotopic (exact) mass is 473 g/mol. The predicted octanol–water partition coefficient (Wildman–Crippen LogP) is 5.09. The number of ether oxygens (including phenoxy) is 3. The molecule has 0 saturated carbocycles. The first-order chi connectivity index (χ1) is 16.4. The molecule has 4 nitrogen and oxygen atoms in total. The Hall–Kier alpha value is -2.52. The van der Waals surface area contributed by atoms with E-state index < -0.39 is 13.7 Å². The van der Waals surface area contributed by atoms with Gasteiger partial charge < -0.3 is 14.2 Å². The van der Waals surface area contributed by atoms with Gasteiger partial charge in [0.05, 0.1) is 6.04 Å². The van der Waals surface area contributed by atoms with Crippen LogP contribution in [0.25, 0.3) is 0 Å². The molecule has 0 aromatic heterocycles. The third-order valence-electron chi connectivity index (χ3n) is 6.32. The van der Waals surface area contributed by atoms with E-state index in [4.69, 9.17) is 19.2 Å². The van der Waals surface area contributed by atoms with Crippen LogP contribution in [0.4, 0.5) is 0 Å². The SMILES string of the molecule is CC(C)[C@@H]1COC([C@H]2OC(C)(C)O[C@@H]2c2ccccc2P(c2ccccc2)c2ccccc2)=N1. The molecular weight excluding hydrogens is 441 g/mol. The second kappa shape index (κ2) is 9.62. The fourth-order valence-electron chi connectivity index (χ4n) is 4.59. The maximum Gasteiger partial charge on any atom is 0.217 e. The molecule has 0 spiro atoms. The predicted molar refractivity (Wildman–Crippen MR) is 140 cm³/mol. The molecule has 2 heterocycles. The van der Waals surface area contributed by atoms with Crippen LogP contribution in [0.2, 0.25) is 0 Å². The van der Waals surface area contributed by atoms with Gasteiger partial charge in [-0.2, -0.15) is 0 Å². The Morgan fingerprint density at radius 2 is 1.35 bits per heavy atom. The van der Waals surface area contributed by atoms with Gasteiger partial charge in [-0.15, -0.1) is 0 Å². The summed E-state index contributed by atoms with van der Waals surface area (Å²) in [6.45, 7) is 8.89. The molecule has 2 aliphatic heterocycles. The van der Waals surface area contributed by atoms with Crippen molar-refractivity contribution in [3.63, 3.8) is 0 Å². The summed E-state index contributed by atoms with van der Waals surface area (Å²) < 4.78 is 19.0. The maximum absolute atomic E-state index is 6.55. The van der Waals surface area contributed by atoms with E-state index in [0.717, 1.165) is 5.56 Å². The van der Waals surface area contributed by atoms with Gasteiger partial charge in [0, 0.05) is 0 Å². The zero-order valence-corrected chi connectivity index (χ0v) is 21.1. The summed E-state index contributed by atoms with van der Waals surface area (Å²) in [5.41, 5.74) is 1.14. The van der Waals surface area contributed by atoms with Gasteiger partial charge in [-0.25, -0.2) is 4.99 Å². The first kappa shape index (κ1) is 23.2. The van der Waals surface area contributed by atoms with Gasteiger partial charge >= 0.3 is 0 Å². The molecule has 176 valence electrons. The molecule has 2 aliphatic rings. The fourth-order valence-corrected chi connectivity index (χ4v) is 7.08. The first-order valence-corrected chi connectivity index (χ1v) is 13.3. The minimum Gasteiger partial charge on any atom is -0.477 e. The molecular formula is C29H32NO3P. The van der Waals surface area contributed by atoms with E-state index in [-0.39, 0.29) is 18.2 Å². The Morgan fingerprint density at radius 1 is 0.794 bits per heavy atom. The summed E-state index contributed by atoms with van der Waals surface area (Å²) in [7, 11) is -0.780. The van der Waals surface area contributed by atoms with Crippen molar-refractivity contribution in [2.24, 2.45) is 10.9 Å². The minimum absolute atomic E-state index is 0.156. The summed E-state index contributed by atoms with van der Waals surface area (Å²) >= 11 is 0. The van der Waals surface area contributed by atoms with Gasteiger partial charge in [0.2, 0.25) is 5.90 Å². The zero-order chi connectivity index (χ0) is 23.7. The molecule has 3 atom stereocenters. The molecule has 1 saturated heterocycles. The summed E-state index contributed by atoms with van der Waals surface area (Å²) in [5, 5.41) is 3.88. The van der Waals surface area contributed by atoms with E-state index in [0.29, 0.717) is 18.4 Å². The molecule has 0 radical (unpaired) electrons. The van der Waals surface area contributed by atoms with Gasteiger partial charge in [0.1, 0.15) is 12.7 Å². The van der Waals surface area contributed by atoms with Crippen molar-refractivity contribution < 1.29 is 14.2 Å². The van der Waals surface area contributed by atoms with E-state index in [1.54, 1.807) is 0 Å². The second-order valence-corrected chi connectivity index (χ2v) is 11.8. The quantitative estimate of drug-likeness (QED) is 0.468. The van der Waals surface area contributed by atoms with Crippen LogP contribution in [0, 0.1) is 5.92 Å². The topological polar surface area (TPSA) is 40.0 Å². The zero-order valence-electron chi connectivity index (χ0n) is 20.2. The number of benzene rings is 3. The van der Waals surface area contributed by atoms with Crippen molar-refractivity contribution >= 4 is 29.7 Å². The smallest absolute Gasteiger partial charge is 0.217 e. The number of aliphatic imine (C=N–C) groups is 1. The molecule has 3 aromatic carbocycles. The lowest BCUT2D eigenvalue weighted by Crippen LogP contribution is -2.31. The standard InChI is InChI=1S/C29H32NO3P/c1-20(2)24-19-31-28(30-24)27-26(32-29(3,4)33-27)23-17-11-12-18-25(23)34(21-13-7-5-8-14-21)22-15-9-6-10-16-22/h5-18,20,24,26-27H,19H2,1-4H3/t24-,26+,27-/m0/s1. The summed E-state index contributed by atoms with van der Waals surface area (Å²) in [4.78, 5) is 4.90. The van der Waals surface area contributed by atoms with Crippen LogP contribution in [0.3, 0.4) is 0 Å². The minimum atomic E-state index is -0.780. The lowest BCUT2D eigenvalue weighted by Gasteiger charge is -2.26. The molecule has 0 amide bonds. The van der Waals surface area contributed by atoms with Gasteiger partial charge in [-0.1, -0.05) is 98.8 Å². The molecule has 0 bridgehead atoms. The van der Waals surface area contributed by atoms with E-state index in [1.165, 1.54) is 15.9 Å². The molecule has 0 unspecified atom stereocenters. The molecule has 0 N–H and O–H groups in total. The van der Waals surface area contributed by atoms with Crippen LogP contribution in [0.5, 0.6) is 0 Å². The Bertz CT molecular complexity index is 1110. The van der Waals surface area contributed by atoms with Crippen LogP contribution in [-0.2, 0) is 14.2 Å². The van der Waals surface area contributed by atoms with E-state index in [9.17, 15) is 0 Å². The third kappa shape index (κ3) is 4.68. The lowest BCUT2D eigenvalue weighted by atomic mass is 10.0. The molecule has 5 heteroatoms. The van der Waals surface area contributed by atoms with Crippen LogP contribution < -0.4 is 15.9 Å². The van der Waals surface area contributed by atoms with Crippen molar-refractivity contribution in [2.75, 3.05) is 6.61 Å². The normalized spacial score (nSPS) is 23.8. The van der Waals surface area contributed by atoms with Gasteiger partial charge in [0.25, 0.3) is 0 Å². The molecule has 5 rings (SSSR count). The van der Waals surface area contributed by atoms with Crippen LogP contribution in [-0.4, -0.2) is 30.4 Å². The van der Waals surface area contributed by atoms with Gasteiger partial charge in [-0.05, 0) is 49.2 Å². The number of nitrogens with zero attached hydrogens (tertiary/aromatic N) is 1. The van der Waals surface area contributed by atoms with Gasteiger partial charge in [-0.3, -0.25) is 0 Å². The highest BCUT2D eigenvalue weighted by Crippen LogP contribution is 2.43. The highest BCUT2D eigenvalue weighted by molar-refractivity contribution is 7.79. The van der Waals surface area contributed by atoms with E-state index in [1.807, 2.05) is 13.8 Å². The Kier molecular flexibility index (Phi) is 6.57. The summed E-state index contributed by atoms with van der Waals surface area (Å²) in [6, 6.07) is 30.3. The number of hydrogen-bond acceptors (Lipinski definition) is 4. The highest BCUT2D eigenvalue weighted by Gasteiger charge is 2.48. The number of rotatable bonds is 6. The van der Waals surface area contributed by atoms with Crippen molar-refractivity contribution in [1.82, 2.24) is 0 Å². The van der Waals surface area contributed by atoms with Gasteiger partial charge in [0.15, 0.2) is 11.9 Å². The van der Waals surface area contributed by atoms with E-state index >= 15 is 0 Å².